The van der Waals surface area contributed by atoms with E-state index in [9.17, 15) is 0 Å². The number of benzene rings is 1. The van der Waals surface area contributed by atoms with Gasteiger partial charge in [-0.05, 0) is 42.5 Å². The fraction of sp³-hybridized carbons (Fsp3) is 0.684. The third-order valence-electron chi connectivity index (χ3n) is 5.46. The molecule has 1 unspecified atom stereocenters. The van der Waals surface area contributed by atoms with E-state index >= 15 is 0 Å². The highest BCUT2D eigenvalue weighted by Gasteiger charge is 2.37. The van der Waals surface area contributed by atoms with Gasteiger partial charge in [0, 0.05) is 32.7 Å². The summed E-state index contributed by atoms with van der Waals surface area (Å²) in [5.41, 5.74) is 2.41. The SMILES string of the molecule is CCC1(CCN2CCNCC2)OCCc2cc(OC)c(OC)cc21.Cl.Cl. The van der Waals surface area contributed by atoms with Gasteiger partial charge in [0.1, 0.15) is 0 Å². The number of hydrogen-bond acceptors (Lipinski definition) is 5. The van der Waals surface area contributed by atoms with E-state index in [2.05, 4.69) is 29.3 Å². The quantitative estimate of drug-likeness (QED) is 0.786. The van der Waals surface area contributed by atoms with Crippen molar-refractivity contribution in [1.29, 1.82) is 0 Å². The summed E-state index contributed by atoms with van der Waals surface area (Å²) in [5, 5.41) is 3.42. The second-order valence-electron chi connectivity index (χ2n) is 6.65. The van der Waals surface area contributed by atoms with Crippen molar-refractivity contribution in [1.82, 2.24) is 10.2 Å². The molecule has 1 fully saturated rings. The molecule has 5 nitrogen and oxygen atoms in total. The molecule has 26 heavy (non-hydrogen) atoms. The van der Waals surface area contributed by atoms with Crippen LogP contribution in [0.2, 0.25) is 0 Å². The third kappa shape index (κ3) is 4.76. The van der Waals surface area contributed by atoms with E-state index in [1.165, 1.54) is 11.1 Å². The number of rotatable bonds is 6. The molecule has 0 amide bonds. The van der Waals surface area contributed by atoms with Crippen LogP contribution in [0.4, 0.5) is 0 Å². The molecule has 3 rings (SSSR count). The Morgan fingerprint density at radius 1 is 1.12 bits per heavy atom. The van der Waals surface area contributed by atoms with Crippen LogP contribution in [0, 0.1) is 0 Å². The van der Waals surface area contributed by atoms with Crippen molar-refractivity contribution >= 4 is 24.8 Å². The number of ether oxygens (including phenoxy) is 3. The van der Waals surface area contributed by atoms with Crippen molar-refractivity contribution in [3.8, 4) is 11.5 Å². The molecule has 1 aromatic carbocycles. The zero-order chi connectivity index (χ0) is 17.0. The number of nitrogens with zero attached hydrogens (tertiary/aromatic N) is 1. The van der Waals surface area contributed by atoms with Crippen LogP contribution in [0.15, 0.2) is 12.1 Å². The summed E-state index contributed by atoms with van der Waals surface area (Å²) in [6.45, 7) is 8.49. The van der Waals surface area contributed by atoms with E-state index in [1.54, 1.807) is 14.2 Å². The van der Waals surface area contributed by atoms with Crippen LogP contribution in [-0.2, 0) is 16.8 Å². The molecule has 2 heterocycles. The van der Waals surface area contributed by atoms with Crippen molar-refractivity contribution in [2.24, 2.45) is 0 Å². The standard InChI is InChI=1S/C19H30N2O3.2ClH/c1-4-19(6-9-21-10-7-20-8-11-21)16-14-18(23-3)17(22-2)13-15(16)5-12-24-19;;/h13-14,20H,4-12H2,1-3H3;2*1H. The summed E-state index contributed by atoms with van der Waals surface area (Å²) in [6, 6.07) is 4.26. The molecular formula is C19H32Cl2N2O3. The first-order valence-corrected chi connectivity index (χ1v) is 9.05. The summed E-state index contributed by atoms with van der Waals surface area (Å²) >= 11 is 0. The van der Waals surface area contributed by atoms with E-state index in [4.69, 9.17) is 14.2 Å². The Hall–Kier alpha value is -0.720. The minimum Gasteiger partial charge on any atom is -0.493 e. The number of methoxy groups -OCH3 is 2. The summed E-state index contributed by atoms with van der Waals surface area (Å²) < 4.78 is 17.4. The van der Waals surface area contributed by atoms with Gasteiger partial charge in [0.05, 0.1) is 26.4 Å². The van der Waals surface area contributed by atoms with Crippen molar-refractivity contribution in [3.05, 3.63) is 23.3 Å². The first kappa shape index (κ1) is 23.3. The fourth-order valence-electron chi connectivity index (χ4n) is 3.94. The minimum absolute atomic E-state index is 0. The number of halogens is 2. The molecule has 0 radical (unpaired) electrons. The molecule has 1 N–H and O–H groups in total. The van der Waals surface area contributed by atoms with Crippen LogP contribution >= 0.6 is 24.8 Å². The maximum atomic E-state index is 6.37. The van der Waals surface area contributed by atoms with Crippen molar-refractivity contribution < 1.29 is 14.2 Å². The molecule has 0 spiro atoms. The largest absolute Gasteiger partial charge is 0.493 e. The molecule has 0 bridgehead atoms. The van der Waals surface area contributed by atoms with Gasteiger partial charge in [-0.1, -0.05) is 6.92 Å². The van der Waals surface area contributed by atoms with Crippen LogP contribution in [-0.4, -0.2) is 58.5 Å². The second-order valence-corrected chi connectivity index (χ2v) is 6.65. The zero-order valence-corrected chi connectivity index (χ0v) is 17.6. The van der Waals surface area contributed by atoms with Crippen molar-refractivity contribution in [2.75, 3.05) is 53.6 Å². The van der Waals surface area contributed by atoms with Crippen LogP contribution in [0.3, 0.4) is 0 Å². The third-order valence-corrected chi connectivity index (χ3v) is 5.46. The van der Waals surface area contributed by atoms with E-state index in [-0.39, 0.29) is 30.4 Å². The lowest BCUT2D eigenvalue weighted by molar-refractivity contribution is -0.0745. The highest BCUT2D eigenvalue weighted by atomic mass is 35.5. The van der Waals surface area contributed by atoms with E-state index in [0.717, 1.165) is 70.1 Å². The molecule has 0 aromatic heterocycles. The Morgan fingerprint density at radius 3 is 2.38 bits per heavy atom. The monoisotopic (exact) mass is 406 g/mol. The van der Waals surface area contributed by atoms with Crippen molar-refractivity contribution in [2.45, 2.75) is 31.8 Å². The first-order chi connectivity index (χ1) is 11.7. The van der Waals surface area contributed by atoms with Gasteiger partial charge in [-0.2, -0.15) is 0 Å². The van der Waals surface area contributed by atoms with Gasteiger partial charge in [0.2, 0.25) is 0 Å². The van der Waals surface area contributed by atoms with Gasteiger partial charge in [0.25, 0.3) is 0 Å². The molecule has 1 saturated heterocycles. The van der Waals surface area contributed by atoms with Crippen LogP contribution < -0.4 is 14.8 Å². The van der Waals surface area contributed by atoms with Gasteiger partial charge in [-0.15, -0.1) is 24.8 Å². The lowest BCUT2D eigenvalue weighted by Crippen LogP contribution is -2.46. The summed E-state index contributed by atoms with van der Waals surface area (Å²) in [5.74, 6) is 1.60. The van der Waals surface area contributed by atoms with E-state index in [1.807, 2.05) is 0 Å². The Balaban J connectivity index is 0.00000169. The molecule has 2 aliphatic rings. The topological polar surface area (TPSA) is 43.0 Å². The summed E-state index contributed by atoms with van der Waals surface area (Å²) in [7, 11) is 3.39. The molecule has 0 saturated carbocycles. The number of hydrogen-bond donors (Lipinski definition) is 1. The zero-order valence-electron chi connectivity index (χ0n) is 16.0. The number of nitrogens with one attached hydrogen (secondary N) is 1. The summed E-state index contributed by atoms with van der Waals surface area (Å²) in [6.07, 6.45) is 2.93. The van der Waals surface area contributed by atoms with Gasteiger partial charge >= 0.3 is 0 Å². The number of fused-ring (bicyclic) bond motifs is 1. The van der Waals surface area contributed by atoms with Crippen molar-refractivity contribution in [3.63, 3.8) is 0 Å². The minimum atomic E-state index is -0.210. The van der Waals surface area contributed by atoms with Gasteiger partial charge in [0.15, 0.2) is 11.5 Å². The molecule has 7 heteroatoms. The molecule has 2 aliphatic heterocycles. The average Bonchev–Trinajstić information content (AvgIpc) is 2.66. The highest BCUT2D eigenvalue weighted by molar-refractivity contribution is 5.85. The molecule has 1 atom stereocenters. The predicted molar refractivity (Wildman–Crippen MR) is 110 cm³/mol. The summed E-state index contributed by atoms with van der Waals surface area (Å²) in [4.78, 5) is 2.53. The smallest absolute Gasteiger partial charge is 0.161 e. The highest BCUT2D eigenvalue weighted by Crippen LogP contribution is 2.43. The second kappa shape index (κ2) is 10.6. The average molecular weight is 407 g/mol. The van der Waals surface area contributed by atoms with E-state index < -0.39 is 0 Å². The number of piperazine rings is 1. The maximum absolute atomic E-state index is 6.37. The van der Waals surface area contributed by atoms with Gasteiger partial charge in [-0.3, -0.25) is 0 Å². The lowest BCUT2D eigenvalue weighted by Gasteiger charge is -2.41. The molecule has 150 valence electrons. The van der Waals surface area contributed by atoms with Crippen LogP contribution in [0.25, 0.3) is 0 Å². The van der Waals surface area contributed by atoms with Crippen LogP contribution in [0.1, 0.15) is 30.9 Å². The normalized spacial score (nSPS) is 22.6. The Kier molecular flexibility index (Phi) is 9.48. The Morgan fingerprint density at radius 2 is 1.77 bits per heavy atom. The molecule has 0 aliphatic carbocycles. The fourth-order valence-corrected chi connectivity index (χ4v) is 3.94. The Bertz CT molecular complexity index is 568. The van der Waals surface area contributed by atoms with Gasteiger partial charge < -0.3 is 24.4 Å². The Labute approximate surface area is 169 Å². The predicted octanol–water partition coefficient (Wildman–Crippen LogP) is 3.02. The lowest BCUT2D eigenvalue weighted by atomic mass is 9.81. The van der Waals surface area contributed by atoms with Gasteiger partial charge in [-0.25, -0.2) is 0 Å². The molecular weight excluding hydrogens is 375 g/mol. The first-order valence-electron chi connectivity index (χ1n) is 9.05. The molecule has 1 aromatic rings. The maximum Gasteiger partial charge on any atom is 0.161 e. The van der Waals surface area contributed by atoms with E-state index in [0.29, 0.717) is 0 Å². The van der Waals surface area contributed by atoms with Crippen LogP contribution in [0.5, 0.6) is 11.5 Å².